The van der Waals surface area contributed by atoms with E-state index in [2.05, 4.69) is 6.92 Å². The molecule has 0 unspecified atom stereocenters. The summed E-state index contributed by atoms with van der Waals surface area (Å²) in [6.45, 7) is 1.30. The van der Waals surface area contributed by atoms with Crippen LogP contribution in [0.15, 0.2) is 30.3 Å². The van der Waals surface area contributed by atoms with Gasteiger partial charge in [0.25, 0.3) is 0 Å². The summed E-state index contributed by atoms with van der Waals surface area (Å²) in [6.07, 6.45) is 2.05. The van der Waals surface area contributed by atoms with E-state index in [-0.39, 0.29) is 17.3 Å². The number of alkyl halides is 1. The second-order valence-electron chi connectivity index (χ2n) is 4.24. The molecule has 2 rings (SSSR count). The van der Waals surface area contributed by atoms with Crippen molar-refractivity contribution in [2.75, 3.05) is 0 Å². The number of benzene rings is 1. The minimum Gasteiger partial charge on any atom is -0.494 e. The summed E-state index contributed by atoms with van der Waals surface area (Å²) in [5.74, 6) is -0.415. The van der Waals surface area contributed by atoms with Crippen LogP contribution in [0.3, 0.4) is 0 Å². The van der Waals surface area contributed by atoms with Gasteiger partial charge >= 0.3 is 0 Å². The molecule has 0 radical (unpaired) electrons. The second-order valence-corrected chi connectivity index (χ2v) is 4.24. The minimum atomic E-state index is -0.805. The van der Waals surface area contributed by atoms with Gasteiger partial charge in [0, 0.05) is 11.6 Å². The Kier molecular flexibility index (Phi) is 3.55. The van der Waals surface area contributed by atoms with Crippen molar-refractivity contribution >= 4 is 0 Å². The largest absolute Gasteiger partial charge is 0.494 e. The summed E-state index contributed by atoms with van der Waals surface area (Å²) in [4.78, 5) is 0. The zero-order chi connectivity index (χ0) is 13.1. The fourth-order valence-electron chi connectivity index (χ4n) is 1.99. The minimum absolute atomic E-state index is 0.0881. The lowest BCUT2D eigenvalue weighted by Gasteiger charge is -2.08. The van der Waals surface area contributed by atoms with Gasteiger partial charge in [-0.1, -0.05) is 25.5 Å². The Morgan fingerprint density at radius 1 is 1.17 bits per heavy atom. The standard InChI is InChI=1S/C14H16FNO2/c1-2-3-10-4-6-12(7-5-10)16-13(17)8-11(9-15)14(16)18/h4-8,17-18H,2-3,9H2,1H3. The Morgan fingerprint density at radius 3 is 2.33 bits per heavy atom. The first-order valence-corrected chi connectivity index (χ1v) is 5.95. The quantitative estimate of drug-likeness (QED) is 0.873. The summed E-state index contributed by atoms with van der Waals surface area (Å²) >= 11 is 0. The third kappa shape index (κ3) is 2.18. The number of aromatic nitrogens is 1. The molecular formula is C14H16FNO2. The van der Waals surface area contributed by atoms with E-state index in [9.17, 15) is 14.6 Å². The van der Waals surface area contributed by atoms with E-state index in [1.54, 1.807) is 12.1 Å². The van der Waals surface area contributed by atoms with Crippen LogP contribution in [0.2, 0.25) is 0 Å². The van der Waals surface area contributed by atoms with E-state index in [0.29, 0.717) is 5.69 Å². The van der Waals surface area contributed by atoms with Crippen molar-refractivity contribution in [2.24, 2.45) is 0 Å². The van der Waals surface area contributed by atoms with E-state index < -0.39 is 6.67 Å². The van der Waals surface area contributed by atoms with Crippen molar-refractivity contribution in [2.45, 2.75) is 26.4 Å². The predicted octanol–water partition coefficient (Wildman–Crippen LogP) is 3.31. The van der Waals surface area contributed by atoms with Gasteiger partial charge in [0.2, 0.25) is 5.88 Å². The van der Waals surface area contributed by atoms with Gasteiger partial charge in [-0.2, -0.15) is 0 Å². The van der Waals surface area contributed by atoms with Gasteiger partial charge in [0.15, 0.2) is 5.88 Å². The molecule has 0 saturated heterocycles. The van der Waals surface area contributed by atoms with Crippen LogP contribution in [0.25, 0.3) is 5.69 Å². The lowest BCUT2D eigenvalue weighted by Crippen LogP contribution is -1.93. The van der Waals surface area contributed by atoms with Crippen LogP contribution in [0.4, 0.5) is 4.39 Å². The fourth-order valence-corrected chi connectivity index (χ4v) is 1.99. The number of nitrogens with zero attached hydrogens (tertiary/aromatic N) is 1. The highest BCUT2D eigenvalue weighted by Gasteiger charge is 2.14. The highest BCUT2D eigenvalue weighted by atomic mass is 19.1. The molecule has 0 aliphatic carbocycles. The molecule has 18 heavy (non-hydrogen) atoms. The third-order valence-electron chi connectivity index (χ3n) is 2.91. The molecule has 3 nitrogen and oxygen atoms in total. The molecule has 0 atom stereocenters. The first kappa shape index (κ1) is 12.5. The number of hydrogen-bond acceptors (Lipinski definition) is 2. The maximum absolute atomic E-state index is 12.6. The topological polar surface area (TPSA) is 45.4 Å². The van der Waals surface area contributed by atoms with Crippen LogP contribution < -0.4 is 0 Å². The monoisotopic (exact) mass is 249 g/mol. The van der Waals surface area contributed by atoms with Crippen LogP contribution in [0, 0.1) is 0 Å². The maximum atomic E-state index is 12.6. The molecule has 96 valence electrons. The summed E-state index contributed by atoms with van der Waals surface area (Å²) in [6, 6.07) is 8.70. The van der Waals surface area contributed by atoms with Crippen molar-refractivity contribution in [3.05, 3.63) is 41.5 Å². The Balaban J connectivity index is 2.39. The summed E-state index contributed by atoms with van der Waals surface area (Å²) < 4.78 is 13.8. The first-order valence-electron chi connectivity index (χ1n) is 5.95. The van der Waals surface area contributed by atoms with Crippen LogP contribution in [-0.2, 0) is 13.1 Å². The summed E-state index contributed by atoms with van der Waals surface area (Å²) in [5, 5.41) is 19.5. The number of rotatable bonds is 4. The van der Waals surface area contributed by atoms with Crippen molar-refractivity contribution in [1.29, 1.82) is 0 Å². The molecule has 2 aromatic rings. The van der Waals surface area contributed by atoms with Gasteiger partial charge < -0.3 is 10.2 Å². The van der Waals surface area contributed by atoms with Crippen molar-refractivity contribution < 1.29 is 14.6 Å². The van der Waals surface area contributed by atoms with E-state index >= 15 is 0 Å². The van der Waals surface area contributed by atoms with Crippen LogP contribution >= 0.6 is 0 Å². The fraction of sp³-hybridized carbons (Fsp3) is 0.286. The number of aryl methyl sites for hydroxylation is 1. The van der Waals surface area contributed by atoms with E-state index in [0.717, 1.165) is 12.8 Å². The van der Waals surface area contributed by atoms with Crippen LogP contribution in [0.5, 0.6) is 11.8 Å². The zero-order valence-electron chi connectivity index (χ0n) is 10.2. The Morgan fingerprint density at radius 2 is 1.83 bits per heavy atom. The lowest BCUT2D eigenvalue weighted by molar-refractivity contribution is 0.393. The molecular weight excluding hydrogens is 233 g/mol. The van der Waals surface area contributed by atoms with Crippen molar-refractivity contribution in [3.63, 3.8) is 0 Å². The maximum Gasteiger partial charge on any atom is 0.204 e. The van der Waals surface area contributed by atoms with Gasteiger partial charge in [0.1, 0.15) is 6.67 Å². The van der Waals surface area contributed by atoms with E-state index in [1.165, 1.54) is 16.2 Å². The highest BCUT2D eigenvalue weighted by molar-refractivity contribution is 5.47. The predicted molar refractivity (Wildman–Crippen MR) is 67.9 cm³/mol. The van der Waals surface area contributed by atoms with Gasteiger partial charge in [0.05, 0.1) is 5.69 Å². The molecule has 0 saturated carbocycles. The molecule has 4 heteroatoms. The molecule has 0 spiro atoms. The summed E-state index contributed by atoms with van der Waals surface area (Å²) in [7, 11) is 0. The van der Waals surface area contributed by atoms with Crippen molar-refractivity contribution in [1.82, 2.24) is 4.57 Å². The van der Waals surface area contributed by atoms with E-state index in [1.807, 2.05) is 12.1 Å². The molecule has 0 fully saturated rings. The molecule has 0 amide bonds. The normalized spacial score (nSPS) is 10.8. The Labute approximate surface area is 105 Å². The number of halogens is 1. The van der Waals surface area contributed by atoms with Gasteiger partial charge in [-0.15, -0.1) is 0 Å². The highest BCUT2D eigenvalue weighted by Crippen LogP contribution is 2.32. The molecule has 0 bridgehead atoms. The molecule has 0 aliphatic rings. The average molecular weight is 249 g/mol. The molecule has 1 heterocycles. The van der Waals surface area contributed by atoms with Crippen molar-refractivity contribution in [3.8, 4) is 17.4 Å². The van der Waals surface area contributed by atoms with Gasteiger partial charge in [-0.05, 0) is 24.1 Å². The SMILES string of the molecule is CCCc1ccc(-n2c(O)cc(CF)c2O)cc1. The third-order valence-corrected chi connectivity index (χ3v) is 2.91. The summed E-state index contributed by atoms with van der Waals surface area (Å²) in [5.41, 5.74) is 1.90. The number of aromatic hydroxyl groups is 2. The Hall–Kier alpha value is -1.97. The average Bonchev–Trinajstić information content (AvgIpc) is 2.66. The molecule has 1 aromatic carbocycles. The molecule has 1 aromatic heterocycles. The van der Waals surface area contributed by atoms with Crippen LogP contribution in [0.1, 0.15) is 24.5 Å². The lowest BCUT2D eigenvalue weighted by atomic mass is 10.1. The van der Waals surface area contributed by atoms with E-state index in [4.69, 9.17) is 0 Å². The van der Waals surface area contributed by atoms with Crippen LogP contribution in [-0.4, -0.2) is 14.8 Å². The smallest absolute Gasteiger partial charge is 0.204 e. The Bertz CT molecular complexity index is 531. The first-order chi connectivity index (χ1) is 8.67. The second kappa shape index (κ2) is 5.12. The molecule has 0 aliphatic heterocycles. The zero-order valence-corrected chi connectivity index (χ0v) is 10.2. The molecule has 2 N–H and O–H groups in total. The van der Waals surface area contributed by atoms with Gasteiger partial charge in [-0.25, -0.2) is 4.39 Å². The van der Waals surface area contributed by atoms with Gasteiger partial charge in [-0.3, -0.25) is 4.57 Å². The number of hydrogen-bond donors (Lipinski definition) is 2.